The molecule has 0 spiro atoms. The van der Waals surface area contributed by atoms with Gasteiger partial charge in [0.25, 0.3) is 0 Å². The Morgan fingerprint density at radius 3 is 1.73 bits per heavy atom. The molecule has 4 N–H and O–H groups in total. The number of aliphatic hydroxyl groups excluding tert-OH is 2. The molecule has 0 aliphatic heterocycles. The summed E-state index contributed by atoms with van der Waals surface area (Å²) in [5.41, 5.74) is 1.75. The Hall–Kier alpha value is -1.92. The summed E-state index contributed by atoms with van der Waals surface area (Å²) in [5.74, 6) is -0.792. The molecule has 2 atom stereocenters. The average molecular weight is 308 g/mol. The van der Waals surface area contributed by atoms with Crippen LogP contribution in [0.15, 0.2) is 24.3 Å². The number of carbonyl (C=O) groups excluding carboxylic acids is 2. The Labute approximate surface area is 130 Å². The van der Waals surface area contributed by atoms with Crippen molar-refractivity contribution in [2.24, 2.45) is 0 Å². The van der Waals surface area contributed by atoms with E-state index in [0.717, 1.165) is 11.1 Å². The van der Waals surface area contributed by atoms with Crippen molar-refractivity contribution in [2.45, 2.75) is 52.0 Å². The van der Waals surface area contributed by atoms with Gasteiger partial charge in [0, 0.05) is 13.1 Å². The van der Waals surface area contributed by atoms with Gasteiger partial charge >= 0.3 is 0 Å². The average Bonchev–Trinajstić information content (AvgIpc) is 2.56. The van der Waals surface area contributed by atoms with Crippen molar-refractivity contribution in [3.05, 3.63) is 35.4 Å². The Kier molecular flexibility index (Phi) is 7.56. The molecular weight excluding hydrogens is 284 g/mol. The van der Waals surface area contributed by atoms with Crippen molar-refractivity contribution in [2.75, 3.05) is 0 Å². The van der Waals surface area contributed by atoms with Crippen molar-refractivity contribution in [1.29, 1.82) is 0 Å². The molecule has 1 aromatic carbocycles. The summed E-state index contributed by atoms with van der Waals surface area (Å²) in [6, 6.07) is 7.39. The van der Waals surface area contributed by atoms with Gasteiger partial charge in [-0.3, -0.25) is 9.59 Å². The maximum atomic E-state index is 11.5. The molecule has 6 heteroatoms. The Bertz CT molecular complexity index is 463. The summed E-state index contributed by atoms with van der Waals surface area (Å²) in [7, 11) is 0. The first-order chi connectivity index (χ1) is 10.5. The van der Waals surface area contributed by atoms with E-state index in [4.69, 9.17) is 0 Å². The van der Waals surface area contributed by atoms with E-state index in [1.807, 2.05) is 24.3 Å². The van der Waals surface area contributed by atoms with E-state index in [1.54, 1.807) is 13.8 Å². The van der Waals surface area contributed by atoms with Crippen molar-refractivity contribution in [3.8, 4) is 0 Å². The SMILES string of the molecule is CCC(O)C(=O)NCc1cccc(CNC(=O)C(O)CC)c1. The summed E-state index contributed by atoms with van der Waals surface area (Å²) in [4.78, 5) is 23.0. The van der Waals surface area contributed by atoms with Gasteiger partial charge in [-0.05, 0) is 24.0 Å². The van der Waals surface area contributed by atoms with E-state index in [1.165, 1.54) is 0 Å². The summed E-state index contributed by atoms with van der Waals surface area (Å²) < 4.78 is 0. The first-order valence-corrected chi connectivity index (χ1v) is 7.47. The molecule has 0 aliphatic carbocycles. The number of aliphatic hydroxyl groups is 2. The molecule has 0 radical (unpaired) electrons. The molecule has 2 amide bonds. The normalized spacial score (nSPS) is 13.3. The van der Waals surface area contributed by atoms with Crippen LogP contribution in [-0.4, -0.2) is 34.2 Å². The molecule has 0 heterocycles. The minimum Gasteiger partial charge on any atom is -0.383 e. The lowest BCUT2D eigenvalue weighted by atomic mass is 10.1. The van der Waals surface area contributed by atoms with Crippen LogP contribution in [0.5, 0.6) is 0 Å². The third kappa shape index (κ3) is 5.83. The zero-order valence-corrected chi connectivity index (χ0v) is 13.0. The molecule has 0 aliphatic rings. The maximum Gasteiger partial charge on any atom is 0.249 e. The molecule has 1 aromatic rings. The van der Waals surface area contributed by atoms with Gasteiger partial charge in [-0.1, -0.05) is 38.1 Å². The number of nitrogens with one attached hydrogen (secondary N) is 2. The lowest BCUT2D eigenvalue weighted by molar-refractivity contribution is -0.130. The third-order valence-corrected chi connectivity index (χ3v) is 3.30. The molecule has 1 rings (SSSR count). The smallest absolute Gasteiger partial charge is 0.249 e. The van der Waals surface area contributed by atoms with E-state index in [-0.39, 0.29) is 0 Å². The summed E-state index contributed by atoms with van der Waals surface area (Å²) >= 11 is 0. The second kappa shape index (κ2) is 9.17. The first kappa shape index (κ1) is 18.1. The Morgan fingerprint density at radius 1 is 0.955 bits per heavy atom. The maximum absolute atomic E-state index is 11.5. The van der Waals surface area contributed by atoms with Crippen LogP contribution < -0.4 is 10.6 Å². The van der Waals surface area contributed by atoms with Crippen molar-refractivity contribution < 1.29 is 19.8 Å². The fourth-order valence-corrected chi connectivity index (χ4v) is 1.83. The minimum atomic E-state index is -0.988. The van der Waals surface area contributed by atoms with Crippen LogP contribution in [-0.2, 0) is 22.7 Å². The Morgan fingerprint density at radius 2 is 1.36 bits per heavy atom. The van der Waals surface area contributed by atoms with Crippen LogP contribution in [0.25, 0.3) is 0 Å². The van der Waals surface area contributed by atoms with Crippen LogP contribution in [0.3, 0.4) is 0 Å². The summed E-state index contributed by atoms with van der Waals surface area (Å²) in [6.07, 6.45) is -1.23. The zero-order valence-electron chi connectivity index (χ0n) is 13.0. The lowest BCUT2D eigenvalue weighted by Gasteiger charge is -2.11. The van der Waals surface area contributed by atoms with E-state index >= 15 is 0 Å². The largest absolute Gasteiger partial charge is 0.383 e. The molecule has 0 fully saturated rings. The topological polar surface area (TPSA) is 98.7 Å². The lowest BCUT2D eigenvalue weighted by Crippen LogP contribution is -2.34. The van der Waals surface area contributed by atoms with Gasteiger partial charge in [-0.2, -0.15) is 0 Å². The minimum absolute atomic E-state index is 0.315. The number of hydrogen-bond acceptors (Lipinski definition) is 4. The molecular formula is C16H24N2O4. The zero-order chi connectivity index (χ0) is 16.5. The summed E-state index contributed by atoms with van der Waals surface area (Å²) in [6.45, 7) is 4.10. The number of benzene rings is 1. The highest BCUT2D eigenvalue weighted by Gasteiger charge is 2.12. The molecule has 0 bridgehead atoms. The van der Waals surface area contributed by atoms with Crippen molar-refractivity contribution in [1.82, 2.24) is 10.6 Å². The highest BCUT2D eigenvalue weighted by molar-refractivity contribution is 5.80. The fraction of sp³-hybridized carbons (Fsp3) is 0.500. The second-order valence-corrected chi connectivity index (χ2v) is 5.10. The van der Waals surface area contributed by atoms with Crippen LogP contribution >= 0.6 is 0 Å². The quantitative estimate of drug-likeness (QED) is 0.561. The molecule has 0 saturated carbocycles. The molecule has 22 heavy (non-hydrogen) atoms. The van der Waals surface area contributed by atoms with E-state index < -0.39 is 24.0 Å². The number of rotatable bonds is 8. The molecule has 122 valence electrons. The van der Waals surface area contributed by atoms with Gasteiger partial charge in [0.15, 0.2) is 0 Å². The van der Waals surface area contributed by atoms with Crippen LogP contribution in [0.4, 0.5) is 0 Å². The van der Waals surface area contributed by atoms with Gasteiger partial charge < -0.3 is 20.8 Å². The van der Waals surface area contributed by atoms with Gasteiger partial charge in [-0.25, -0.2) is 0 Å². The highest BCUT2D eigenvalue weighted by Crippen LogP contribution is 2.06. The molecule has 2 unspecified atom stereocenters. The number of hydrogen-bond donors (Lipinski definition) is 4. The number of amides is 2. The fourth-order valence-electron chi connectivity index (χ4n) is 1.83. The van der Waals surface area contributed by atoms with Gasteiger partial charge in [-0.15, -0.1) is 0 Å². The summed E-state index contributed by atoms with van der Waals surface area (Å²) in [5, 5.41) is 24.1. The number of carbonyl (C=O) groups is 2. The molecule has 0 aromatic heterocycles. The monoisotopic (exact) mass is 308 g/mol. The first-order valence-electron chi connectivity index (χ1n) is 7.47. The highest BCUT2D eigenvalue weighted by atomic mass is 16.3. The van der Waals surface area contributed by atoms with Crippen LogP contribution in [0.1, 0.15) is 37.8 Å². The van der Waals surface area contributed by atoms with Crippen molar-refractivity contribution >= 4 is 11.8 Å². The van der Waals surface area contributed by atoms with Gasteiger partial charge in [0.05, 0.1) is 0 Å². The van der Waals surface area contributed by atoms with Gasteiger partial charge in [0.1, 0.15) is 12.2 Å². The second-order valence-electron chi connectivity index (χ2n) is 5.10. The van der Waals surface area contributed by atoms with E-state index in [9.17, 15) is 19.8 Å². The standard InChI is InChI=1S/C16H24N2O4/c1-3-13(19)15(21)17-9-11-6-5-7-12(8-11)10-18-16(22)14(20)4-2/h5-8,13-14,19-20H,3-4,9-10H2,1-2H3,(H,17,21)(H,18,22). The predicted octanol–water partition coefficient (Wildman–Crippen LogP) is 0.461. The van der Waals surface area contributed by atoms with Crippen LogP contribution in [0, 0.1) is 0 Å². The molecule has 0 saturated heterocycles. The predicted molar refractivity (Wildman–Crippen MR) is 82.7 cm³/mol. The van der Waals surface area contributed by atoms with E-state index in [0.29, 0.717) is 25.9 Å². The Balaban J connectivity index is 2.52. The van der Waals surface area contributed by atoms with Gasteiger partial charge in [0.2, 0.25) is 11.8 Å². The van der Waals surface area contributed by atoms with Crippen molar-refractivity contribution in [3.63, 3.8) is 0 Å². The van der Waals surface area contributed by atoms with E-state index in [2.05, 4.69) is 10.6 Å². The molecule has 6 nitrogen and oxygen atoms in total. The van der Waals surface area contributed by atoms with Crippen LogP contribution in [0.2, 0.25) is 0 Å². The third-order valence-electron chi connectivity index (χ3n) is 3.30.